The van der Waals surface area contributed by atoms with Crippen molar-refractivity contribution in [3.05, 3.63) is 24.3 Å². The SMILES string of the molecule is NC(=O)C[C@H](NC(=O)C1C=CC=C1)C(=O)O. The zero-order valence-electron chi connectivity index (χ0n) is 8.42. The molecule has 6 nitrogen and oxygen atoms in total. The number of nitrogens with two attached hydrogens (primary N) is 1. The van der Waals surface area contributed by atoms with Crippen LogP contribution in [0.25, 0.3) is 0 Å². The van der Waals surface area contributed by atoms with Crippen molar-refractivity contribution in [2.24, 2.45) is 11.7 Å². The molecule has 0 fully saturated rings. The van der Waals surface area contributed by atoms with Crippen molar-refractivity contribution in [2.45, 2.75) is 12.5 Å². The number of hydrogen-bond acceptors (Lipinski definition) is 3. The molecule has 0 aromatic heterocycles. The summed E-state index contributed by atoms with van der Waals surface area (Å²) in [6.07, 6.45) is 6.21. The van der Waals surface area contributed by atoms with Crippen molar-refractivity contribution in [2.75, 3.05) is 0 Å². The molecule has 0 aromatic carbocycles. The van der Waals surface area contributed by atoms with Gasteiger partial charge in [0.1, 0.15) is 6.04 Å². The summed E-state index contributed by atoms with van der Waals surface area (Å²) < 4.78 is 0. The van der Waals surface area contributed by atoms with E-state index >= 15 is 0 Å². The number of allylic oxidation sites excluding steroid dienone is 2. The van der Waals surface area contributed by atoms with E-state index < -0.39 is 36.2 Å². The summed E-state index contributed by atoms with van der Waals surface area (Å²) in [6.45, 7) is 0. The van der Waals surface area contributed by atoms with Crippen molar-refractivity contribution in [3.8, 4) is 0 Å². The first-order valence-corrected chi connectivity index (χ1v) is 4.67. The van der Waals surface area contributed by atoms with Crippen LogP contribution in [0, 0.1) is 5.92 Å². The number of primary amides is 1. The molecule has 0 aliphatic heterocycles. The first kappa shape index (κ1) is 12.0. The summed E-state index contributed by atoms with van der Waals surface area (Å²) in [6, 6.07) is -1.27. The summed E-state index contributed by atoms with van der Waals surface area (Å²) in [5.41, 5.74) is 4.88. The lowest BCUT2D eigenvalue weighted by atomic mass is 10.1. The van der Waals surface area contributed by atoms with E-state index in [0.717, 1.165) is 0 Å². The van der Waals surface area contributed by atoms with Crippen LogP contribution in [0.5, 0.6) is 0 Å². The van der Waals surface area contributed by atoms with Crippen molar-refractivity contribution >= 4 is 17.8 Å². The topological polar surface area (TPSA) is 109 Å². The highest BCUT2D eigenvalue weighted by Crippen LogP contribution is 2.09. The highest BCUT2D eigenvalue weighted by Gasteiger charge is 2.24. The summed E-state index contributed by atoms with van der Waals surface area (Å²) in [5, 5.41) is 11.0. The van der Waals surface area contributed by atoms with Gasteiger partial charge in [0.25, 0.3) is 0 Å². The Morgan fingerprint density at radius 3 is 2.31 bits per heavy atom. The van der Waals surface area contributed by atoms with Gasteiger partial charge in [0, 0.05) is 0 Å². The highest BCUT2D eigenvalue weighted by molar-refractivity contribution is 5.90. The largest absolute Gasteiger partial charge is 0.480 e. The number of carbonyl (C=O) groups excluding carboxylic acids is 2. The number of carboxylic acid groups (broad SMARTS) is 1. The number of hydrogen-bond donors (Lipinski definition) is 3. The first-order valence-electron chi connectivity index (χ1n) is 4.67. The Balaban J connectivity index is 2.57. The molecule has 16 heavy (non-hydrogen) atoms. The molecule has 0 aromatic rings. The second kappa shape index (κ2) is 5.11. The maximum atomic E-state index is 11.5. The molecule has 1 atom stereocenters. The van der Waals surface area contributed by atoms with Gasteiger partial charge >= 0.3 is 5.97 Å². The standard InChI is InChI=1S/C10H12N2O4/c11-8(13)5-7(10(15)16)12-9(14)6-3-1-2-4-6/h1-4,6-7H,5H2,(H2,11,13)(H,12,14)(H,15,16)/t7-/m0/s1. The van der Waals surface area contributed by atoms with Crippen LogP contribution in [0.1, 0.15) is 6.42 Å². The molecule has 2 amide bonds. The second-order valence-electron chi connectivity index (χ2n) is 3.37. The zero-order valence-corrected chi connectivity index (χ0v) is 8.42. The Morgan fingerprint density at radius 1 is 1.31 bits per heavy atom. The van der Waals surface area contributed by atoms with Gasteiger partial charge in [-0.2, -0.15) is 0 Å². The zero-order chi connectivity index (χ0) is 12.1. The van der Waals surface area contributed by atoms with Crippen LogP contribution in [-0.2, 0) is 14.4 Å². The minimum atomic E-state index is -1.28. The number of rotatable bonds is 5. The average molecular weight is 224 g/mol. The normalized spacial score (nSPS) is 16.0. The fourth-order valence-electron chi connectivity index (χ4n) is 1.28. The van der Waals surface area contributed by atoms with Crippen LogP contribution in [-0.4, -0.2) is 28.9 Å². The molecule has 4 N–H and O–H groups in total. The lowest BCUT2D eigenvalue weighted by molar-refractivity contribution is -0.143. The van der Waals surface area contributed by atoms with Crippen LogP contribution in [0.4, 0.5) is 0 Å². The van der Waals surface area contributed by atoms with Gasteiger partial charge in [0.15, 0.2) is 0 Å². The molecule has 0 bridgehead atoms. The molecule has 1 aliphatic rings. The third-order valence-electron chi connectivity index (χ3n) is 2.07. The molecule has 1 rings (SSSR count). The predicted octanol–water partition coefficient (Wildman–Crippen LogP) is -0.827. The summed E-state index contributed by atoms with van der Waals surface area (Å²) in [5.74, 6) is -2.99. The maximum absolute atomic E-state index is 11.5. The summed E-state index contributed by atoms with van der Waals surface area (Å²) in [7, 11) is 0. The molecule has 0 heterocycles. The lowest BCUT2D eigenvalue weighted by Crippen LogP contribution is -2.45. The van der Waals surface area contributed by atoms with Gasteiger partial charge in [0.05, 0.1) is 12.3 Å². The molecule has 0 radical (unpaired) electrons. The van der Waals surface area contributed by atoms with E-state index in [1.807, 2.05) is 0 Å². The Kier molecular flexibility index (Phi) is 3.82. The van der Waals surface area contributed by atoms with E-state index in [4.69, 9.17) is 10.8 Å². The molecule has 1 aliphatic carbocycles. The van der Waals surface area contributed by atoms with Gasteiger partial charge in [-0.05, 0) is 0 Å². The third kappa shape index (κ3) is 3.23. The Hall–Kier alpha value is -2.11. The number of nitrogens with one attached hydrogen (secondary N) is 1. The number of carboxylic acids is 1. The lowest BCUT2D eigenvalue weighted by Gasteiger charge is -2.14. The first-order chi connectivity index (χ1) is 7.50. The van der Waals surface area contributed by atoms with E-state index in [2.05, 4.69) is 5.32 Å². The van der Waals surface area contributed by atoms with Crippen molar-refractivity contribution in [1.29, 1.82) is 0 Å². The number of carbonyl (C=O) groups is 3. The van der Waals surface area contributed by atoms with Gasteiger partial charge in [-0.3, -0.25) is 9.59 Å². The van der Waals surface area contributed by atoms with Crippen LogP contribution in [0.15, 0.2) is 24.3 Å². The number of amides is 2. The Bertz CT molecular complexity index is 361. The maximum Gasteiger partial charge on any atom is 0.326 e. The quantitative estimate of drug-likeness (QED) is 0.566. The van der Waals surface area contributed by atoms with E-state index in [1.54, 1.807) is 24.3 Å². The minimum Gasteiger partial charge on any atom is -0.480 e. The van der Waals surface area contributed by atoms with Crippen molar-refractivity contribution < 1.29 is 19.5 Å². The summed E-state index contributed by atoms with van der Waals surface area (Å²) >= 11 is 0. The molecule has 6 heteroatoms. The molecule has 0 saturated carbocycles. The second-order valence-corrected chi connectivity index (χ2v) is 3.37. The molecular formula is C10H12N2O4. The van der Waals surface area contributed by atoms with Gasteiger partial charge in [-0.25, -0.2) is 4.79 Å². The Labute approximate surface area is 91.8 Å². The van der Waals surface area contributed by atoms with Crippen molar-refractivity contribution in [1.82, 2.24) is 5.32 Å². The summed E-state index contributed by atoms with van der Waals surface area (Å²) in [4.78, 5) is 32.8. The van der Waals surface area contributed by atoms with Crippen LogP contribution < -0.4 is 11.1 Å². The molecular weight excluding hydrogens is 212 g/mol. The van der Waals surface area contributed by atoms with E-state index in [1.165, 1.54) is 0 Å². The molecule has 0 unspecified atom stereocenters. The average Bonchev–Trinajstić information content (AvgIpc) is 2.68. The van der Waals surface area contributed by atoms with Crippen LogP contribution in [0.2, 0.25) is 0 Å². The third-order valence-corrected chi connectivity index (χ3v) is 2.07. The number of aliphatic carboxylic acids is 1. The fraction of sp³-hybridized carbons (Fsp3) is 0.300. The van der Waals surface area contributed by atoms with Gasteiger partial charge < -0.3 is 16.2 Å². The van der Waals surface area contributed by atoms with Gasteiger partial charge in [-0.15, -0.1) is 0 Å². The van der Waals surface area contributed by atoms with E-state index in [-0.39, 0.29) is 0 Å². The highest BCUT2D eigenvalue weighted by atomic mass is 16.4. The predicted molar refractivity (Wildman–Crippen MR) is 55.1 cm³/mol. The Morgan fingerprint density at radius 2 is 1.88 bits per heavy atom. The smallest absolute Gasteiger partial charge is 0.326 e. The van der Waals surface area contributed by atoms with Gasteiger partial charge in [0.2, 0.25) is 11.8 Å². The van der Waals surface area contributed by atoms with Crippen LogP contribution in [0.3, 0.4) is 0 Å². The van der Waals surface area contributed by atoms with Crippen LogP contribution >= 0.6 is 0 Å². The van der Waals surface area contributed by atoms with Gasteiger partial charge in [-0.1, -0.05) is 24.3 Å². The molecule has 86 valence electrons. The molecule has 0 spiro atoms. The minimum absolute atomic E-state index is 0.415. The van der Waals surface area contributed by atoms with E-state index in [0.29, 0.717) is 0 Å². The fourth-order valence-corrected chi connectivity index (χ4v) is 1.28. The van der Waals surface area contributed by atoms with Crippen molar-refractivity contribution in [3.63, 3.8) is 0 Å². The monoisotopic (exact) mass is 224 g/mol. The van der Waals surface area contributed by atoms with E-state index in [9.17, 15) is 14.4 Å². The molecule has 0 saturated heterocycles.